The summed E-state index contributed by atoms with van der Waals surface area (Å²) in [5, 5.41) is 7.67. The molecule has 0 aliphatic rings. The fourth-order valence-corrected chi connectivity index (χ4v) is 2.61. The molecule has 2 aromatic rings. The lowest BCUT2D eigenvalue weighted by Crippen LogP contribution is -2.18. The van der Waals surface area contributed by atoms with E-state index >= 15 is 0 Å². The Morgan fingerprint density at radius 3 is 2.88 bits per heavy atom. The van der Waals surface area contributed by atoms with Crippen molar-refractivity contribution in [1.82, 2.24) is 5.32 Å². The zero-order valence-electron chi connectivity index (χ0n) is 10.1. The summed E-state index contributed by atoms with van der Waals surface area (Å²) >= 11 is 1.74. The maximum atomic E-state index is 5.24. The molecule has 2 nitrogen and oxygen atoms in total. The Bertz CT molecular complexity index is 453. The molecule has 0 aliphatic heterocycles. The van der Waals surface area contributed by atoms with Crippen LogP contribution >= 0.6 is 11.3 Å². The van der Waals surface area contributed by atoms with Gasteiger partial charge >= 0.3 is 0 Å². The monoisotopic (exact) mass is 247 g/mol. The fraction of sp³-hybridized carbons (Fsp3) is 0.286. The van der Waals surface area contributed by atoms with Crippen molar-refractivity contribution < 1.29 is 4.74 Å². The van der Waals surface area contributed by atoms with Crippen LogP contribution in [-0.4, -0.2) is 14.2 Å². The molecule has 0 bridgehead atoms. The first-order chi connectivity index (χ1) is 8.33. The fourth-order valence-electron chi connectivity index (χ4n) is 1.89. The molecule has 1 unspecified atom stereocenters. The first-order valence-corrected chi connectivity index (χ1v) is 6.60. The molecule has 0 amide bonds. The SMILES string of the molecule is CNC(Cc1cccc(OC)c1)c1ccsc1. The number of thiophene rings is 1. The van der Waals surface area contributed by atoms with Crippen LogP contribution in [0.3, 0.4) is 0 Å². The Balaban J connectivity index is 2.13. The van der Waals surface area contributed by atoms with Crippen molar-refractivity contribution in [2.75, 3.05) is 14.2 Å². The van der Waals surface area contributed by atoms with E-state index in [1.54, 1.807) is 18.4 Å². The molecule has 1 aromatic heterocycles. The average Bonchev–Trinajstić information content (AvgIpc) is 2.90. The highest BCUT2D eigenvalue weighted by Crippen LogP contribution is 2.22. The molecule has 0 aliphatic carbocycles. The predicted molar refractivity (Wildman–Crippen MR) is 72.8 cm³/mol. The molecule has 90 valence electrons. The van der Waals surface area contributed by atoms with Gasteiger partial charge in [-0.2, -0.15) is 11.3 Å². The van der Waals surface area contributed by atoms with Gasteiger partial charge in [0.05, 0.1) is 7.11 Å². The number of hydrogen-bond acceptors (Lipinski definition) is 3. The van der Waals surface area contributed by atoms with E-state index < -0.39 is 0 Å². The van der Waals surface area contributed by atoms with Gasteiger partial charge in [-0.05, 0) is 53.6 Å². The van der Waals surface area contributed by atoms with Gasteiger partial charge in [0.15, 0.2) is 0 Å². The van der Waals surface area contributed by atoms with Crippen LogP contribution in [0.15, 0.2) is 41.1 Å². The molecule has 1 heterocycles. The van der Waals surface area contributed by atoms with E-state index in [0.717, 1.165) is 12.2 Å². The predicted octanol–water partition coefficient (Wildman–Crippen LogP) is 3.26. The molecule has 0 saturated carbocycles. The Kier molecular flexibility index (Phi) is 4.18. The summed E-state index contributed by atoms with van der Waals surface area (Å²) < 4.78 is 5.24. The lowest BCUT2D eigenvalue weighted by Gasteiger charge is -2.15. The first kappa shape index (κ1) is 12.1. The number of nitrogens with one attached hydrogen (secondary N) is 1. The molecular formula is C14H17NOS. The van der Waals surface area contributed by atoms with Gasteiger partial charge in [-0.25, -0.2) is 0 Å². The second kappa shape index (κ2) is 5.84. The smallest absolute Gasteiger partial charge is 0.119 e. The van der Waals surface area contributed by atoms with Crippen molar-refractivity contribution in [2.24, 2.45) is 0 Å². The summed E-state index contributed by atoms with van der Waals surface area (Å²) in [6.07, 6.45) is 0.977. The molecule has 3 heteroatoms. The van der Waals surface area contributed by atoms with E-state index in [2.05, 4.69) is 34.3 Å². The molecule has 0 radical (unpaired) electrons. The third-order valence-corrected chi connectivity index (χ3v) is 3.57. The maximum absolute atomic E-state index is 5.24. The summed E-state index contributed by atoms with van der Waals surface area (Å²) in [5.74, 6) is 0.919. The van der Waals surface area contributed by atoms with Gasteiger partial charge in [-0.1, -0.05) is 12.1 Å². The van der Waals surface area contributed by atoms with E-state index in [0.29, 0.717) is 6.04 Å². The van der Waals surface area contributed by atoms with Crippen LogP contribution in [-0.2, 0) is 6.42 Å². The van der Waals surface area contributed by atoms with E-state index in [-0.39, 0.29) is 0 Å². The van der Waals surface area contributed by atoms with Crippen molar-refractivity contribution in [2.45, 2.75) is 12.5 Å². The third-order valence-electron chi connectivity index (χ3n) is 2.87. The number of hydrogen-bond donors (Lipinski definition) is 1. The molecule has 2 rings (SSSR count). The molecule has 17 heavy (non-hydrogen) atoms. The van der Waals surface area contributed by atoms with Crippen LogP contribution in [0.1, 0.15) is 17.2 Å². The molecule has 0 fully saturated rings. The highest BCUT2D eigenvalue weighted by atomic mass is 32.1. The van der Waals surface area contributed by atoms with Crippen molar-refractivity contribution in [3.05, 3.63) is 52.2 Å². The Hall–Kier alpha value is -1.32. The Morgan fingerprint density at radius 2 is 2.24 bits per heavy atom. The quantitative estimate of drug-likeness (QED) is 0.875. The van der Waals surface area contributed by atoms with Crippen molar-refractivity contribution >= 4 is 11.3 Å². The highest BCUT2D eigenvalue weighted by Gasteiger charge is 2.10. The molecule has 0 spiro atoms. The standard InChI is InChI=1S/C14H17NOS/c1-15-14(12-6-7-17-10-12)9-11-4-3-5-13(8-11)16-2/h3-8,10,14-15H,9H2,1-2H3. The number of likely N-dealkylation sites (N-methyl/N-ethyl adjacent to an activating group) is 1. The minimum Gasteiger partial charge on any atom is -0.497 e. The number of rotatable bonds is 5. The summed E-state index contributed by atoms with van der Waals surface area (Å²) in [5.41, 5.74) is 2.63. The van der Waals surface area contributed by atoms with Gasteiger partial charge in [0.2, 0.25) is 0 Å². The molecule has 0 saturated heterocycles. The van der Waals surface area contributed by atoms with Gasteiger partial charge in [0.25, 0.3) is 0 Å². The van der Waals surface area contributed by atoms with Crippen LogP contribution in [0.5, 0.6) is 5.75 Å². The number of benzene rings is 1. The van der Waals surface area contributed by atoms with E-state index in [1.807, 2.05) is 19.2 Å². The molecule has 1 N–H and O–H groups in total. The van der Waals surface area contributed by atoms with Crippen molar-refractivity contribution in [1.29, 1.82) is 0 Å². The lowest BCUT2D eigenvalue weighted by atomic mass is 10.0. The van der Waals surface area contributed by atoms with Crippen LogP contribution in [0.25, 0.3) is 0 Å². The summed E-state index contributed by atoms with van der Waals surface area (Å²) in [6, 6.07) is 10.8. The minimum absolute atomic E-state index is 0.369. The van der Waals surface area contributed by atoms with Crippen LogP contribution in [0.2, 0.25) is 0 Å². The van der Waals surface area contributed by atoms with E-state index in [9.17, 15) is 0 Å². The second-order valence-corrected chi connectivity index (χ2v) is 4.73. The molecule has 1 atom stereocenters. The average molecular weight is 247 g/mol. The highest BCUT2D eigenvalue weighted by molar-refractivity contribution is 7.07. The maximum Gasteiger partial charge on any atom is 0.119 e. The zero-order valence-corrected chi connectivity index (χ0v) is 11.0. The Morgan fingerprint density at radius 1 is 1.35 bits per heavy atom. The zero-order chi connectivity index (χ0) is 12.1. The van der Waals surface area contributed by atoms with E-state index in [4.69, 9.17) is 4.74 Å². The van der Waals surface area contributed by atoms with Gasteiger partial charge in [-0.15, -0.1) is 0 Å². The largest absolute Gasteiger partial charge is 0.497 e. The number of ether oxygens (including phenoxy) is 1. The summed E-state index contributed by atoms with van der Waals surface area (Å²) in [6.45, 7) is 0. The Labute approximate surface area is 106 Å². The van der Waals surface area contributed by atoms with Gasteiger partial charge in [0, 0.05) is 6.04 Å². The number of methoxy groups -OCH3 is 1. The lowest BCUT2D eigenvalue weighted by molar-refractivity contribution is 0.414. The summed E-state index contributed by atoms with van der Waals surface area (Å²) in [7, 11) is 3.70. The topological polar surface area (TPSA) is 21.3 Å². The third kappa shape index (κ3) is 3.08. The van der Waals surface area contributed by atoms with Crippen molar-refractivity contribution in [3.63, 3.8) is 0 Å². The van der Waals surface area contributed by atoms with Gasteiger partial charge in [0.1, 0.15) is 5.75 Å². The van der Waals surface area contributed by atoms with Crippen molar-refractivity contribution in [3.8, 4) is 5.75 Å². The molecular weight excluding hydrogens is 230 g/mol. The first-order valence-electron chi connectivity index (χ1n) is 5.65. The van der Waals surface area contributed by atoms with Gasteiger partial charge in [-0.3, -0.25) is 0 Å². The summed E-state index contributed by atoms with van der Waals surface area (Å²) in [4.78, 5) is 0. The normalized spacial score (nSPS) is 12.4. The second-order valence-electron chi connectivity index (χ2n) is 3.95. The van der Waals surface area contributed by atoms with Gasteiger partial charge < -0.3 is 10.1 Å². The van der Waals surface area contributed by atoms with Crippen LogP contribution in [0, 0.1) is 0 Å². The van der Waals surface area contributed by atoms with Crippen LogP contribution in [0.4, 0.5) is 0 Å². The molecule has 1 aromatic carbocycles. The van der Waals surface area contributed by atoms with E-state index in [1.165, 1.54) is 11.1 Å². The minimum atomic E-state index is 0.369. The van der Waals surface area contributed by atoms with Crippen LogP contribution < -0.4 is 10.1 Å².